The van der Waals surface area contributed by atoms with Gasteiger partial charge in [-0.25, -0.2) is 0 Å². The van der Waals surface area contributed by atoms with E-state index in [1.807, 2.05) is 122 Å². The van der Waals surface area contributed by atoms with Gasteiger partial charge in [-0.3, -0.25) is 9.79 Å². The third-order valence-corrected chi connectivity index (χ3v) is 7.73. The lowest BCUT2D eigenvalue weighted by Gasteiger charge is -2.12. The van der Waals surface area contributed by atoms with E-state index in [1.165, 1.54) is 0 Å². The Bertz CT molecular complexity index is 2020. The van der Waals surface area contributed by atoms with E-state index in [-0.39, 0.29) is 11.8 Å². The van der Waals surface area contributed by atoms with Crippen LogP contribution in [0.1, 0.15) is 38.2 Å². The highest BCUT2D eigenvalue weighted by atomic mass is 32.1. The number of aromatic hydroxyl groups is 1. The summed E-state index contributed by atoms with van der Waals surface area (Å²) in [4.78, 5) is 21.2. The Labute approximate surface area is 273 Å². The lowest BCUT2D eigenvalue weighted by molar-refractivity contribution is 0.0951. The third kappa shape index (κ3) is 7.31. The number of fused-ring (bicyclic) bond motifs is 1. The summed E-state index contributed by atoms with van der Waals surface area (Å²) in [7, 11) is 0. The first kappa shape index (κ1) is 30.3. The molecule has 46 heavy (non-hydrogen) atoms. The number of carbonyl (C=O) groups excluding carboxylic acids is 1. The molecule has 5 N–H and O–H groups in total. The van der Waals surface area contributed by atoms with Crippen molar-refractivity contribution in [2.24, 2.45) is 4.99 Å². The van der Waals surface area contributed by atoms with Crippen LogP contribution in [0.5, 0.6) is 5.88 Å². The highest BCUT2D eigenvalue weighted by molar-refractivity contribution is 7.80. The number of aliphatic imine (C=N–C) groups is 1. The number of aromatic nitrogens is 1. The Morgan fingerprint density at radius 3 is 2.22 bits per heavy atom. The summed E-state index contributed by atoms with van der Waals surface area (Å²) in [6.07, 6.45) is 0. The Balaban J connectivity index is 1.23. The van der Waals surface area contributed by atoms with Gasteiger partial charge >= 0.3 is 0 Å². The van der Waals surface area contributed by atoms with Crippen molar-refractivity contribution < 1.29 is 9.90 Å². The van der Waals surface area contributed by atoms with E-state index in [4.69, 9.17) is 17.2 Å². The molecule has 7 nitrogen and oxygen atoms in total. The second kappa shape index (κ2) is 13.9. The Morgan fingerprint density at radius 1 is 0.761 bits per heavy atom. The summed E-state index contributed by atoms with van der Waals surface area (Å²) in [6.45, 7) is 2.83. The zero-order valence-corrected chi connectivity index (χ0v) is 26.1. The van der Waals surface area contributed by atoms with E-state index in [1.54, 1.807) is 12.1 Å². The van der Waals surface area contributed by atoms with Gasteiger partial charge in [0.15, 0.2) is 11.0 Å². The van der Waals surface area contributed by atoms with Gasteiger partial charge in [0.25, 0.3) is 5.91 Å². The number of nitrogens with zero attached hydrogens (tertiary/aromatic N) is 1. The predicted octanol–water partition coefficient (Wildman–Crippen LogP) is 7.96. The van der Waals surface area contributed by atoms with Crippen LogP contribution < -0.4 is 16.0 Å². The van der Waals surface area contributed by atoms with Gasteiger partial charge in [0.2, 0.25) is 0 Å². The molecule has 5 aromatic carbocycles. The van der Waals surface area contributed by atoms with Crippen molar-refractivity contribution in [3.8, 4) is 5.88 Å². The quantitative estimate of drug-likeness (QED) is 0.0831. The van der Waals surface area contributed by atoms with E-state index in [0.29, 0.717) is 45.9 Å². The predicted molar refractivity (Wildman–Crippen MR) is 191 cm³/mol. The minimum atomic E-state index is -0.196. The van der Waals surface area contributed by atoms with Crippen LogP contribution in [0.3, 0.4) is 0 Å². The molecule has 0 atom stereocenters. The van der Waals surface area contributed by atoms with Crippen LogP contribution in [-0.2, 0) is 13.1 Å². The maximum atomic E-state index is 13.1. The summed E-state index contributed by atoms with van der Waals surface area (Å²) in [5.74, 6) is -0.202. The van der Waals surface area contributed by atoms with Crippen LogP contribution in [0.2, 0.25) is 0 Å². The molecule has 8 heteroatoms. The number of benzene rings is 5. The van der Waals surface area contributed by atoms with E-state index < -0.39 is 0 Å². The fourth-order valence-electron chi connectivity index (χ4n) is 5.23. The molecule has 6 rings (SSSR count). The maximum Gasteiger partial charge on any atom is 0.251 e. The SMILES string of the molecule is Cc1cccc(NC(=S)Nc2ccc(CN=C(c3ccccc3)c3c(O)[nH]c4ccc(C(=O)NCc5ccccc5)cc34)cc2)c1. The first-order valence-corrected chi connectivity index (χ1v) is 15.3. The smallest absolute Gasteiger partial charge is 0.251 e. The molecule has 1 aromatic heterocycles. The minimum absolute atomic E-state index is 0.00591. The number of aryl methyl sites for hydroxylation is 1. The van der Waals surface area contributed by atoms with E-state index >= 15 is 0 Å². The van der Waals surface area contributed by atoms with Crippen LogP contribution in [0.15, 0.2) is 132 Å². The number of rotatable bonds is 9. The van der Waals surface area contributed by atoms with Crippen LogP contribution in [-0.4, -0.2) is 26.8 Å². The monoisotopic (exact) mass is 623 g/mol. The van der Waals surface area contributed by atoms with E-state index in [0.717, 1.165) is 33.6 Å². The molecule has 0 aliphatic rings. The maximum absolute atomic E-state index is 13.1. The van der Waals surface area contributed by atoms with Crippen molar-refractivity contribution in [2.45, 2.75) is 20.0 Å². The van der Waals surface area contributed by atoms with Crippen molar-refractivity contribution in [2.75, 3.05) is 10.6 Å². The zero-order valence-electron chi connectivity index (χ0n) is 25.2. The molecule has 0 bridgehead atoms. The minimum Gasteiger partial charge on any atom is -0.494 e. The molecular weight excluding hydrogens is 591 g/mol. The molecule has 0 spiro atoms. The third-order valence-electron chi connectivity index (χ3n) is 7.53. The van der Waals surface area contributed by atoms with Gasteiger partial charge in [-0.15, -0.1) is 0 Å². The zero-order chi connectivity index (χ0) is 31.9. The molecule has 1 heterocycles. The normalized spacial score (nSPS) is 11.3. The number of H-pyrrole nitrogens is 1. The van der Waals surface area contributed by atoms with Crippen LogP contribution in [0.25, 0.3) is 10.9 Å². The van der Waals surface area contributed by atoms with Gasteiger partial charge in [0, 0.05) is 39.9 Å². The molecule has 0 saturated heterocycles. The van der Waals surface area contributed by atoms with Crippen molar-refractivity contribution in [3.63, 3.8) is 0 Å². The number of aromatic amines is 1. The summed E-state index contributed by atoms with van der Waals surface area (Å²) in [5, 5.41) is 21.8. The average Bonchev–Trinajstić information content (AvgIpc) is 3.40. The molecule has 228 valence electrons. The molecule has 0 saturated carbocycles. The fourth-order valence-corrected chi connectivity index (χ4v) is 5.47. The van der Waals surface area contributed by atoms with Gasteiger partial charge in [0.05, 0.1) is 17.8 Å². The van der Waals surface area contributed by atoms with Crippen molar-refractivity contribution in [1.82, 2.24) is 10.3 Å². The second-order valence-electron chi connectivity index (χ2n) is 11.0. The Hall–Kier alpha value is -5.73. The summed E-state index contributed by atoms with van der Waals surface area (Å²) in [5.41, 5.74) is 8.16. The Morgan fingerprint density at radius 2 is 1.48 bits per heavy atom. The highest BCUT2D eigenvalue weighted by Crippen LogP contribution is 2.31. The number of hydrogen-bond donors (Lipinski definition) is 5. The first-order valence-electron chi connectivity index (χ1n) is 14.9. The first-order chi connectivity index (χ1) is 22.4. The van der Waals surface area contributed by atoms with Gasteiger partial charge in [-0.1, -0.05) is 84.9 Å². The van der Waals surface area contributed by atoms with Gasteiger partial charge in [0.1, 0.15) is 0 Å². The van der Waals surface area contributed by atoms with Gasteiger partial charge in [-0.05, 0) is 78.3 Å². The standard InChI is InChI=1S/C38H33N5O2S/c1-25-9-8-14-31(21-25)42-38(46)41-30-18-15-27(16-19-30)23-39-35(28-12-6-3-7-13-28)34-32-22-29(17-20-33(32)43-37(34)45)36(44)40-24-26-10-4-2-5-11-26/h2-22,43,45H,23-24H2,1H3,(H,40,44)(H2,41,42,46). The van der Waals surface area contributed by atoms with Crippen molar-refractivity contribution >= 4 is 51.2 Å². The molecule has 1 amide bonds. The molecular formula is C38H33N5O2S. The van der Waals surface area contributed by atoms with Crippen molar-refractivity contribution in [1.29, 1.82) is 0 Å². The number of anilines is 2. The number of nitrogens with one attached hydrogen (secondary N) is 4. The summed E-state index contributed by atoms with van der Waals surface area (Å²) >= 11 is 5.50. The molecule has 0 aliphatic heterocycles. The van der Waals surface area contributed by atoms with Gasteiger partial charge < -0.3 is 26.0 Å². The number of amides is 1. The molecule has 0 aliphatic carbocycles. The van der Waals surface area contributed by atoms with Gasteiger partial charge in [-0.2, -0.15) is 0 Å². The second-order valence-corrected chi connectivity index (χ2v) is 11.4. The van der Waals surface area contributed by atoms with Crippen LogP contribution in [0.4, 0.5) is 11.4 Å². The van der Waals surface area contributed by atoms with Crippen molar-refractivity contribution in [3.05, 3.63) is 161 Å². The lowest BCUT2D eigenvalue weighted by Crippen LogP contribution is -2.22. The van der Waals surface area contributed by atoms with Crippen LogP contribution >= 0.6 is 12.2 Å². The molecule has 0 unspecified atom stereocenters. The van der Waals surface area contributed by atoms with E-state index in [2.05, 4.69) is 20.9 Å². The summed E-state index contributed by atoms with van der Waals surface area (Å²) in [6, 6.07) is 40.8. The topological polar surface area (TPSA) is 102 Å². The molecule has 0 radical (unpaired) electrons. The summed E-state index contributed by atoms with van der Waals surface area (Å²) < 4.78 is 0. The molecule has 0 fully saturated rings. The van der Waals surface area contributed by atoms with E-state index in [9.17, 15) is 9.90 Å². The average molecular weight is 624 g/mol. The number of hydrogen-bond acceptors (Lipinski definition) is 4. The van der Waals surface area contributed by atoms with Crippen LogP contribution in [0, 0.1) is 6.92 Å². The fraction of sp³-hybridized carbons (Fsp3) is 0.0789. The molecule has 6 aromatic rings. The number of thiocarbonyl (C=S) groups is 1. The number of carbonyl (C=O) groups is 1. The highest BCUT2D eigenvalue weighted by Gasteiger charge is 2.20. The Kier molecular flexibility index (Phi) is 9.17. The largest absolute Gasteiger partial charge is 0.494 e. The lowest BCUT2D eigenvalue weighted by atomic mass is 9.99.